The van der Waals surface area contributed by atoms with E-state index in [1.165, 1.54) is 30.5 Å². The summed E-state index contributed by atoms with van der Waals surface area (Å²) >= 11 is 0. The normalized spacial score (nSPS) is 29.1. The van der Waals surface area contributed by atoms with Crippen molar-refractivity contribution in [3.63, 3.8) is 0 Å². The van der Waals surface area contributed by atoms with Crippen molar-refractivity contribution in [2.75, 3.05) is 7.11 Å². The fourth-order valence-corrected chi connectivity index (χ4v) is 2.68. The van der Waals surface area contributed by atoms with Crippen LogP contribution in [0.15, 0.2) is 34.8 Å². The van der Waals surface area contributed by atoms with Gasteiger partial charge in [0.05, 0.1) is 13.2 Å². The SMILES string of the molecule is COC1=CCC2NC3=C(CCC3)C2=C1. The average molecular weight is 189 g/mol. The molecule has 0 bridgehead atoms. The first-order valence-corrected chi connectivity index (χ1v) is 5.33. The Morgan fingerprint density at radius 3 is 3.21 bits per heavy atom. The maximum Gasteiger partial charge on any atom is 0.115 e. The molecule has 3 aliphatic rings. The van der Waals surface area contributed by atoms with E-state index in [0.717, 1.165) is 12.2 Å². The molecule has 3 rings (SSSR count). The van der Waals surface area contributed by atoms with Crippen molar-refractivity contribution in [2.45, 2.75) is 31.7 Å². The molecule has 0 radical (unpaired) electrons. The second kappa shape index (κ2) is 2.91. The van der Waals surface area contributed by atoms with Crippen LogP contribution >= 0.6 is 0 Å². The molecule has 0 saturated carbocycles. The zero-order chi connectivity index (χ0) is 9.54. The fraction of sp³-hybridized carbons (Fsp3) is 0.500. The minimum Gasteiger partial charge on any atom is -0.497 e. The topological polar surface area (TPSA) is 21.3 Å². The molecule has 14 heavy (non-hydrogen) atoms. The number of methoxy groups -OCH3 is 1. The number of hydrogen-bond donors (Lipinski definition) is 1. The van der Waals surface area contributed by atoms with Crippen LogP contribution in [0.5, 0.6) is 0 Å². The van der Waals surface area contributed by atoms with Crippen molar-refractivity contribution in [2.24, 2.45) is 0 Å². The molecule has 2 aliphatic carbocycles. The summed E-state index contributed by atoms with van der Waals surface area (Å²) in [5.41, 5.74) is 4.54. The third-order valence-corrected chi connectivity index (χ3v) is 3.38. The molecule has 1 unspecified atom stereocenters. The zero-order valence-corrected chi connectivity index (χ0v) is 8.47. The molecule has 0 saturated heterocycles. The minimum absolute atomic E-state index is 0.541. The summed E-state index contributed by atoms with van der Waals surface area (Å²) in [4.78, 5) is 0. The van der Waals surface area contributed by atoms with Gasteiger partial charge >= 0.3 is 0 Å². The Balaban J connectivity index is 1.97. The maximum atomic E-state index is 5.28. The van der Waals surface area contributed by atoms with E-state index in [1.807, 2.05) is 0 Å². The van der Waals surface area contributed by atoms with E-state index in [0.29, 0.717) is 6.04 Å². The lowest BCUT2D eigenvalue weighted by atomic mass is 9.94. The lowest BCUT2D eigenvalue weighted by Gasteiger charge is -2.19. The molecule has 0 aromatic heterocycles. The molecule has 1 heterocycles. The Bertz CT molecular complexity index is 363. The van der Waals surface area contributed by atoms with E-state index >= 15 is 0 Å². The number of nitrogens with one attached hydrogen (secondary N) is 1. The standard InChI is InChI=1S/C12H15NO/c1-14-8-5-6-12-10(7-8)9-3-2-4-11(9)13-12/h5,7,12-13H,2-4,6H2,1H3. The van der Waals surface area contributed by atoms with Crippen LogP contribution in [0, 0.1) is 0 Å². The Morgan fingerprint density at radius 2 is 2.36 bits per heavy atom. The van der Waals surface area contributed by atoms with Gasteiger partial charge in [-0.2, -0.15) is 0 Å². The van der Waals surface area contributed by atoms with Crippen LogP contribution in [-0.4, -0.2) is 13.2 Å². The van der Waals surface area contributed by atoms with Gasteiger partial charge in [0.15, 0.2) is 0 Å². The van der Waals surface area contributed by atoms with Gasteiger partial charge in [-0.3, -0.25) is 0 Å². The molecule has 0 fully saturated rings. The van der Waals surface area contributed by atoms with Crippen molar-refractivity contribution in [1.29, 1.82) is 0 Å². The number of hydrogen-bond acceptors (Lipinski definition) is 2. The van der Waals surface area contributed by atoms with Gasteiger partial charge in [-0.1, -0.05) is 0 Å². The lowest BCUT2D eigenvalue weighted by molar-refractivity contribution is 0.301. The highest BCUT2D eigenvalue weighted by molar-refractivity contribution is 5.51. The van der Waals surface area contributed by atoms with Gasteiger partial charge in [0.2, 0.25) is 0 Å². The summed E-state index contributed by atoms with van der Waals surface area (Å²) in [5.74, 6) is 1.03. The maximum absolute atomic E-state index is 5.28. The van der Waals surface area contributed by atoms with Gasteiger partial charge in [0, 0.05) is 5.70 Å². The highest BCUT2D eigenvalue weighted by Crippen LogP contribution is 2.40. The van der Waals surface area contributed by atoms with Crippen molar-refractivity contribution in [3.05, 3.63) is 34.8 Å². The Kier molecular flexibility index (Phi) is 1.69. The van der Waals surface area contributed by atoms with E-state index in [1.54, 1.807) is 12.7 Å². The van der Waals surface area contributed by atoms with Crippen LogP contribution in [-0.2, 0) is 4.74 Å². The monoisotopic (exact) mass is 189 g/mol. The van der Waals surface area contributed by atoms with Crippen molar-refractivity contribution in [3.8, 4) is 0 Å². The van der Waals surface area contributed by atoms with Gasteiger partial charge in [0.25, 0.3) is 0 Å². The second-order valence-electron chi connectivity index (χ2n) is 4.15. The Labute approximate surface area is 84.3 Å². The third kappa shape index (κ3) is 1.03. The van der Waals surface area contributed by atoms with Crippen LogP contribution in [0.3, 0.4) is 0 Å². The number of rotatable bonds is 1. The largest absolute Gasteiger partial charge is 0.497 e. The van der Waals surface area contributed by atoms with Gasteiger partial charge in [0.1, 0.15) is 5.76 Å². The minimum atomic E-state index is 0.541. The predicted octanol–water partition coefficient (Wildman–Crippen LogP) is 2.26. The molecule has 1 aliphatic heterocycles. The van der Waals surface area contributed by atoms with Crippen molar-refractivity contribution < 1.29 is 4.74 Å². The van der Waals surface area contributed by atoms with E-state index < -0.39 is 0 Å². The molecule has 0 aromatic rings. The van der Waals surface area contributed by atoms with E-state index in [2.05, 4.69) is 17.5 Å². The second-order valence-corrected chi connectivity index (χ2v) is 4.15. The average Bonchev–Trinajstić information content (AvgIpc) is 2.76. The molecule has 0 spiro atoms. The molecular weight excluding hydrogens is 174 g/mol. The summed E-state index contributed by atoms with van der Waals surface area (Å²) in [6.45, 7) is 0. The molecule has 2 heteroatoms. The smallest absolute Gasteiger partial charge is 0.115 e. The van der Waals surface area contributed by atoms with Crippen molar-refractivity contribution >= 4 is 0 Å². The quantitative estimate of drug-likeness (QED) is 0.683. The van der Waals surface area contributed by atoms with Gasteiger partial charge in [-0.25, -0.2) is 0 Å². The molecule has 0 amide bonds. The van der Waals surface area contributed by atoms with Gasteiger partial charge < -0.3 is 10.1 Å². The lowest BCUT2D eigenvalue weighted by Crippen LogP contribution is -2.25. The first-order chi connectivity index (χ1) is 6.88. The fourth-order valence-electron chi connectivity index (χ4n) is 2.68. The first kappa shape index (κ1) is 8.16. The molecule has 74 valence electrons. The molecule has 1 N–H and O–H groups in total. The van der Waals surface area contributed by atoms with Crippen LogP contribution in [0.1, 0.15) is 25.7 Å². The van der Waals surface area contributed by atoms with Crippen LogP contribution in [0.2, 0.25) is 0 Å². The van der Waals surface area contributed by atoms with Crippen LogP contribution in [0.4, 0.5) is 0 Å². The zero-order valence-electron chi connectivity index (χ0n) is 8.47. The highest BCUT2D eigenvalue weighted by atomic mass is 16.5. The third-order valence-electron chi connectivity index (χ3n) is 3.38. The summed E-state index contributed by atoms with van der Waals surface area (Å²) in [6, 6.07) is 0.541. The molecular formula is C12H15NO. The highest BCUT2D eigenvalue weighted by Gasteiger charge is 2.32. The number of fused-ring (bicyclic) bond motifs is 2. The number of ether oxygens (including phenoxy) is 1. The summed E-state index contributed by atoms with van der Waals surface area (Å²) in [6.07, 6.45) is 9.25. The Hall–Kier alpha value is -1.18. The van der Waals surface area contributed by atoms with Crippen molar-refractivity contribution in [1.82, 2.24) is 5.32 Å². The van der Waals surface area contributed by atoms with E-state index in [4.69, 9.17) is 4.74 Å². The Morgan fingerprint density at radius 1 is 1.43 bits per heavy atom. The molecule has 2 nitrogen and oxygen atoms in total. The first-order valence-electron chi connectivity index (χ1n) is 5.33. The predicted molar refractivity (Wildman–Crippen MR) is 55.6 cm³/mol. The molecule has 0 aromatic carbocycles. The van der Waals surface area contributed by atoms with Crippen LogP contribution < -0.4 is 5.32 Å². The van der Waals surface area contributed by atoms with E-state index in [-0.39, 0.29) is 0 Å². The number of allylic oxidation sites excluding steroid dienone is 2. The summed E-state index contributed by atoms with van der Waals surface area (Å²) in [5, 5.41) is 3.61. The summed E-state index contributed by atoms with van der Waals surface area (Å²) < 4.78 is 5.28. The molecule has 1 atom stereocenters. The van der Waals surface area contributed by atoms with E-state index in [9.17, 15) is 0 Å². The summed E-state index contributed by atoms with van der Waals surface area (Å²) in [7, 11) is 1.75. The van der Waals surface area contributed by atoms with Crippen LogP contribution in [0.25, 0.3) is 0 Å². The van der Waals surface area contributed by atoms with Gasteiger partial charge in [-0.05, 0) is 49.0 Å². The van der Waals surface area contributed by atoms with Gasteiger partial charge in [-0.15, -0.1) is 0 Å².